The Hall–Kier alpha value is -1.06. The second-order valence-corrected chi connectivity index (χ2v) is 5.75. The Morgan fingerprint density at radius 2 is 1.89 bits per heavy atom. The van der Waals surface area contributed by atoms with Crippen molar-refractivity contribution in [3.63, 3.8) is 0 Å². The summed E-state index contributed by atoms with van der Waals surface area (Å²) < 4.78 is 5.18. The Labute approximate surface area is 117 Å². The number of benzene rings is 1. The summed E-state index contributed by atoms with van der Waals surface area (Å²) in [4.78, 5) is 0. The van der Waals surface area contributed by atoms with Gasteiger partial charge in [-0.1, -0.05) is 32.9 Å². The van der Waals surface area contributed by atoms with Crippen molar-refractivity contribution in [3.8, 4) is 5.75 Å². The van der Waals surface area contributed by atoms with E-state index in [-0.39, 0.29) is 12.0 Å². The smallest absolute Gasteiger partial charge is 0.118 e. The van der Waals surface area contributed by atoms with Crippen LogP contribution in [0.1, 0.15) is 45.2 Å². The van der Waals surface area contributed by atoms with Gasteiger partial charge in [0, 0.05) is 19.2 Å². The highest BCUT2D eigenvalue weighted by molar-refractivity contribution is 5.29. The molecule has 0 aromatic heterocycles. The number of hydrogen-bond donors (Lipinski definition) is 2. The van der Waals surface area contributed by atoms with Crippen molar-refractivity contribution in [2.24, 2.45) is 5.41 Å². The maximum absolute atomic E-state index is 9.06. The molecule has 0 amide bonds. The number of nitrogens with one attached hydrogen (secondary N) is 1. The normalized spacial score (nSPS) is 13.3. The second kappa shape index (κ2) is 7.51. The first-order chi connectivity index (χ1) is 9.02. The number of aliphatic hydroxyl groups excluding tert-OH is 1. The summed E-state index contributed by atoms with van der Waals surface area (Å²) in [5.74, 6) is 0.888. The van der Waals surface area contributed by atoms with E-state index in [1.807, 2.05) is 12.1 Å². The lowest BCUT2D eigenvalue weighted by Crippen LogP contribution is -2.32. The highest BCUT2D eigenvalue weighted by Gasteiger charge is 2.19. The van der Waals surface area contributed by atoms with Gasteiger partial charge in [0.15, 0.2) is 0 Å². The quantitative estimate of drug-likeness (QED) is 0.758. The van der Waals surface area contributed by atoms with Crippen LogP contribution >= 0.6 is 0 Å². The molecule has 0 radical (unpaired) electrons. The monoisotopic (exact) mass is 265 g/mol. The van der Waals surface area contributed by atoms with Gasteiger partial charge >= 0.3 is 0 Å². The minimum absolute atomic E-state index is 0.120. The van der Waals surface area contributed by atoms with Crippen LogP contribution < -0.4 is 10.1 Å². The largest absolute Gasteiger partial charge is 0.497 e. The van der Waals surface area contributed by atoms with Gasteiger partial charge in [-0.25, -0.2) is 0 Å². The van der Waals surface area contributed by atoms with Crippen molar-refractivity contribution < 1.29 is 9.84 Å². The predicted octanol–water partition coefficient (Wildman–Crippen LogP) is 3.14. The van der Waals surface area contributed by atoms with E-state index in [0.717, 1.165) is 25.1 Å². The highest BCUT2D eigenvalue weighted by atomic mass is 16.5. The number of rotatable bonds is 8. The molecule has 19 heavy (non-hydrogen) atoms. The number of aliphatic hydroxyl groups is 1. The van der Waals surface area contributed by atoms with Crippen LogP contribution in [-0.4, -0.2) is 25.4 Å². The summed E-state index contributed by atoms with van der Waals surface area (Å²) in [6.07, 6.45) is 1.86. The zero-order chi connectivity index (χ0) is 14.3. The summed E-state index contributed by atoms with van der Waals surface area (Å²) >= 11 is 0. The fourth-order valence-corrected chi connectivity index (χ4v) is 2.12. The summed E-state index contributed by atoms with van der Waals surface area (Å²) in [5.41, 5.74) is 1.40. The molecule has 0 saturated carbocycles. The van der Waals surface area contributed by atoms with Crippen LogP contribution in [-0.2, 0) is 0 Å². The molecule has 0 aliphatic rings. The van der Waals surface area contributed by atoms with Crippen LogP contribution in [0.4, 0.5) is 0 Å². The van der Waals surface area contributed by atoms with Crippen LogP contribution in [0, 0.1) is 5.41 Å². The maximum atomic E-state index is 9.06. The third-order valence-electron chi connectivity index (χ3n) is 3.54. The van der Waals surface area contributed by atoms with Crippen LogP contribution in [0.15, 0.2) is 24.3 Å². The predicted molar refractivity (Wildman–Crippen MR) is 79.5 cm³/mol. The lowest BCUT2D eigenvalue weighted by molar-refractivity contribution is 0.202. The molecule has 1 aromatic rings. The van der Waals surface area contributed by atoms with E-state index in [9.17, 15) is 0 Å². The average molecular weight is 265 g/mol. The zero-order valence-electron chi connectivity index (χ0n) is 12.6. The van der Waals surface area contributed by atoms with Gasteiger partial charge in [-0.2, -0.15) is 0 Å². The first-order valence-corrected chi connectivity index (χ1v) is 7.00. The minimum atomic E-state index is 0.120. The summed E-state index contributed by atoms with van der Waals surface area (Å²) in [6.45, 7) is 7.68. The third-order valence-corrected chi connectivity index (χ3v) is 3.54. The maximum Gasteiger partial charge on any atom is 0.118 e. The first-order valence-electron chi connectivity index (χ1n) is 7.00. The molecule has 1 rings (SSSR count). The van der Waals surface area contributed by atoms with E-state index < -0.39 is 0 Å². The van der Waals surface area contributed by atoms with Crippen molar-refractivity contribution in [3.05, 3.63) is 29.8 Å². The number of hydrogen-bond acceptors (Lipinski definition) is 3. The molecular formula is C16H27NO2. The van der Waals surface area contributed by atoms with Gasteiger partial charge in [0.2, 0.25) is 0 Å². The summed E-state index contributed by atoms with van der Waals surface area (Å²) in [6, 6.07) is 8.57. The Balaban J connectivity index is 2.62. The van der Waals surface area contributed by atoms with Gasteiger partial charge in [-0.3, -0.25) is 0 Å². The molecule has 3 heteroatoms. The van der Waals surface area contributed by atoms with Crippen molar-refractivity contribution in [1.29, 1.82) is 0 Å². The summed E-state index contributed by atoms with van der Waals surface area (Å²) in [7, 11) is 1.68. The van der Waals surface area contributed by atoms with Crippen molar-refractivity contribution in [1.82, 2.24) is 5.32 Å². The third kappa shape index (κ3) is 5.21. The lowest BCUT2D eigenvalue weighted by atomic mass is 9.89. The van der Waals surface area contributed by atoms with Gasteiger partial charge in [-0.15, -0.1) is 0 Å². The average Bonchev–Trinajstić information content (AvgIpc) is 2.40. The molecule has 0 saturated heterocycles. The van der Waals surface area contributed by atoms with Crippen LogP contribution in [0.3, 0.4) is 0 Å². The highest BCUT2D eigenvalue weighted by Crippen LogP contribution is 2.23. The van der Waals surface area contributed by atoms with Gasteiger partial charge in [0.1, 0.15) is 5.75 Å². The van der Waals surface area contributed by atoms with Gasteiger partial charge in [-0.05, 0) is 36.0 Å². The van der Waals surface area contributed by atoms with Crippen molar-refractivity contribution >= 4 is 0 Å². The molecule has 0 aliphatic heterocycles. The Bertz CT molecular complexity index is 360. The molecule has 2 N–H and O–H groups in total. The molecule has 0 spiro atoms. The fourth-order valence-electron chi connectivity index (χ4n) is 2.12. The Morgan fingerprint density at radius 3 is 2.37 bits per heavy atom. The van der Waals surface area contributed by atoms with Crippen LogP contribution in [0.2, 0.25) is 0 Å². The van der Waals surface area contributed by atoms with Crippen LogP contribution in [0.25, 0.3) is 0 Å². The Morgan fingerprint density at radius 1 is 1.26 bits per heavy atom. The molecule has 1 atom stereocenters. The molecule has 1 aromatic carbocycles. The number of ether oxygens (including phenoxy) is 1. The SMILES string of the molecule is CCC(NCC(C)(C)CCO)c1ccc(OC)cc1. The fraction of sp³-hybridized carbons (Fsp3) is 0.625. The zero-order valence-corrected chi connectivity index (χ0v) is 12.6. The van der Waals surface area contributed by atoms with E-state index in [1.54, 1.807) is 7.11 Å². The van der Waals surface area contributed by atoms with E-state index in [1.165, 1.54) is 5.56 Å². The van der Waals surface area contributed by atoms with Gasteiger partial charge < -0.3 is 15.2 Å². The summed E-state index contributed by atoms with van der Waals surface area (Å²) in [5, 5.41) is 12.7. The number of methoxy groups -OCH3 is 1. The molecule has 3 nitrogen and oxygen atoms in total. The molecule has 0 fully saturated rings. The van der Waals surface area contributed by atoms with E-state index in [0.29, 0.717) is 6.04 Å². The first kappa shape index (κ1) is 16.0. The van der Waals surface area contributed by atoms with E-state index in [4.69, 9.17) is 9.84 Å². The van der Waals surface area contributed by atoms with Crippen LogP contribution in [0.5, 0.6) is 5.75 Å². The Kier molecular flexibility index (Phi) is 6.32. The topological polar surface area (TPSA) is 41.5 Å². The molecule has 0 aliphatic carbocycles. The van der Waals surface area contributed by atoms with E-state index >= 15 is 0 Å². The van der Waals surface area contributed by atoms with Gasteiger partial charge in [0.05, 0.1) is 7.11 Å². The van der Waals surface area contributed by atoms with Crippen molar-refractivity contribution in [2.45, 2.75) is 39.7 Å². The molecule has 108 valence electrons. The standard InChI is InChI=1S/C16H27NO2/c1-5-15(17-12-16(2,3)10-11-18)13-6-8-14(19-4)9-7-13/h6-9,15,17-18H,5,10-12H2,1-4H3. The molecular weight excluding hydrogens is 238 g/mol. The van der Waals surface area contributed by atoms with Crippen molar-refractivity contribution in [2.75, 3.05) is 20.3 Å². The molecule has 0 bridgehead atoms. The minimum Gasteiger partial charge on any atom is -0.497 e. The molecule has 0 heterocycles. The van der Waals surface area contributed by atoms with Gasteiger partial charge in [0.25, 0.3) is 0 Å². The second-order valence-electron chi connectivity index (χ2n) is 5.75. The lowest BCUT2D eigenvalue weighted by Gasteiger charge is -2.27. The molecule has 1 unspecified atom stereocenters. The van der Waals surface area contributed by atoms with E-state index in [2.05, 4.69) is 38.2 Å².